The maximum atomic E-state index is 11.1. The minimum absolute atomic E-state index is 0.296. The van der Waals surface area contributed by atoms with Crippen molar-refractivity contribution in [2.24, 2.45) is 0 Å². The van der Waals surface area contributed by atoms with E-state index >= 15 is 0 Å². The Morgan fingerprint density at radius 1 is 1.38 bits per heavy atom. The summed E-state index contributed by atoms with van der Waals surface area (Å²) in [6.45, 7) is 0. The molecule has 0 aliphatic carbocycles. The van der Waals surface area contributed by atoms with Crippen LogP contribution in [0.15, 0.2) is 21.7 Å². The van der Waals surface area contributed by atoms with Crippen LogP contribution in [-0.4, -0.2) is 16.0 Å². The van der Waals surface area contributed by atoms with Gasteiger partial charge in [0.2, 0.25) is 0 Å². The lowest BCUT2D eigenvalue weighted by Gasteiger charge is -1.89. The molecule has 0 fully saturated rings. The fraction of sp³-hybridized carbons (Fsp3) is 0.250. The summed E-state index contributed by atoms with van der Waals surface area (Å²) in [5.41, 5.74) is -0.245. The van der Waals surface area contributed by atoms with E-state index in [9.17, 15) is 9.59 Å². The van der Waals surface area contributed by atoms with E-state index in [1.807, 2.05) is 0 Å². The first-order valence-electron chi connectivity index (χ1n) is 3.83. The van der Waals surface area contributed by atoms with Crippen LogP contribution in [0.5, 0.6) is 0 Å². The van der Waals surface area contributed by atoms with Gasteiger partial charge in [-0.15, -0.1) is 0 Å². The first-order valence-corrected chi connectivity index (χ1v) is 4.46. The predicted molar refractivity (Wildman–Crippen MR) is 55.2 cm³/mol. The number of aromatic nitrogens is 2. The Labute approximate surface area is 80.1 Å². The molecule has 0 saturated carbocycles. The molecular formula is C8H10N2O2S. The van der Waals surface area contributed by atoms with Gasteiger partial charge in [-0.1, -0.05) is 12.2 Å². The van der Waals surface area contributed by atoms with E-state index in [1.165, 1.54) is 6.07 Å². The number of hydrogen-bond donors (Lipinski definition) is 3. The molecule has 0 aliphatic heterocycles. The lowest BCUT2D eigenvalue weighted by molar-refractivity contribution is 0.947. The van der Waals surface area contributed by atoms with Crippen molar-refractivity contribution in [3.8, 4) is 0 Å². The van der Waals surface area contributed by atoms with Gasteiger partial charge in [0, 0.05) is 11.6 Å². The molecule has 0 unspecified atom stereocenters. The van der Waals surface area contributed by atoms with Gasteiger partial charge in [0.05, 0.1) is 0 Å². The molecule has 0 radical (unpaired) electrons. The molecule has 1 aromatic rings. The molecular weight excluding hydrogens is 188 g/mol. The number of H-pyrrole nitrogens is 2. The molecule has 0 aromatic carbocycles. The number of rotatable bonds is 3. The number of allylic oxidation sites excluding steroid dienone is 1. The van der Waals surface area contributed by atoms with Crippen LogP contribution in [0.2, 0.25) is 0 Å². The van der Waals surface area contributed by atoms with Gasteiger partial charge in [0.25, 0.3) is 11.1 Å². The topological polar surface area (TPSA) is 65.7 Å². The van der Waals surface area contributed by atoms with Gasteiger partial charge in [-0.05, 0) is 12.2 Å². The van der Waals surface area contributed by atoms with Gasteiger partial charge in [0.1, 0.15) is 0 Å². The van der Waals surface area contributed by atoms with Crippen molar-refractivity contribution in [1.82, 2.24) is 10.2 Å². The van der Waals surface area contributed by atoms with Crippen LogP contribution in [-0.2, 0) is 0 Å². The van der Waals surface area contributed by atoms with E-state index in [0.717, 1.165) is 12.2 Å². The molecule has 2 N–H and O–H groups in total. The summed E-state index contributed by atoms with van der Waals surface area (Å²) in [5, 5.41) is 4.42. The third-order valence-corrected chi connectivity index (χ3v) is 1.70. The number of nitrogens with one attached hydrogen (secondary N) is 2. The molecule has 1 heterocycles. The third kappa shape index (κ3) is 2.95. The zero-order valence-corrected chi connectivity index (χ0v) is 7.80. The summed E-state index contributed by atoms with van der Waals surface area (Å²) in [7, 11) is 0. The number of thiol groups is 1. The SMILES string of the molecule is O=c1cc(C=CCCS)c(=O)[nH][nH]1. The van der Waals surface area contributed by atoms with Gasteiger partial charge >= 0.3 is 0 Å². The van der Waals surface area contributed by atoms with Crippen LogP contribution < -0.4 is 11.1 Å². The molecule has 0 bridgehead atoms. The van der Waals surface area contributed by atoms with Gasteiger partial charge in [0.15, 0.2) is 0 Å². The molecule has 1 aromatic heterocycles. The van der Waals surface area contributed by atoms with Crippen LogP contribution in [0.3, 0.4) is 0 Å². The van der Waals surface area contributed by atoms with E-state index in [4.69, 9.17) is 0 Å². The Kier molecular flexibility index (Phi) is 3.57. The number of aromatic amines is 2. The Morgan fingerprint density at radius 3 is 2.85 bits per heavy atom. The zero-order valence-electron chi connectivity index (χ0n) is 6.91. The first kappa shape index (κ1) is 9.85. The highest BCUT2D eigenvalue weighted by Crippen LogP contribution is 1.92. The van der Waals surface area contributed by atoms with Crippen LogP contribution in [0.25, 0.3) is 6.08 Å². The monoisotopic (exact) mass is 198 g/mol. The average Bonchev–Trinajstić information content (AvgIpc) is 2.11. The molecule has 4 nitrogen and oxygen atoms in total. The van der Waals surface area contributed by atoms with E-state index in [1.54, 1.807) is 12.2 Å². The zero-order chi connectivity index (χ0) is 9.68. The van der Waals surface area contributed by atoms with Crippen molar-refractivity contribution in [1.29, 1.82) is 0 Å². The second-order valence-electron chi connectivity index (χ2n) is 2.46. The average molecular weight is 198 g/mol. The highest BCUT2D eigenvalue weighted by Gasteiger charge is 1.94. The Bertz CT molecular complexity index is 405. The Hall–Kier alpha value is -1.23. The summed E-state index contributed by atoms with van der Waals surface area (Å²) in [4.78, 5) is 21.9. The normalized spacial score (nSPS) is 10.8. The Morgan fingerprint density at radius 2 is 2.15 bits per heavy atom. The fourth-order valence-electron chi connectivity index (χ4n) is 0.842. The summed E-state index contributed by atoms with van der Waals surface area (Å²) in [5.74, 6) is 0.720. The minimum Gasteiger partial charge on any atom is -0.268 e. The number of hydrogen-bond acceptors (Lipinski definition) is 3. The van der Waals surface area contributed by atoms with Crippen LogP contribution >= 0.6 is 12.6 Å². The molecule has 0 aliphatic rings. The van der Waals surface area contributed by atoms with Crippen LogP contribution in [0.4, 0.5) is 0 Å². The second-order valence-corrected chi connectivity index (χ2v) is 2.90. The molecule has 0 amide bonds. The van der Waals surface area contributed by atoms with Gasteiger partial charge < -0.3 is 0 Å². The largest absolute Gasteiger partial charge is 0.269 e. The molecule has 13 heavy (non-hydrogen) atoms. The molecule has 0 spiro atoms. The summed E-state index contributed by atoms with van der Waals surface area (Å²) in [6.07, 6.45) is 4.19. The van der Waals surface area contributed by atoms with Crippen molar-refractivity contribution in [2.75, 3.05) is 5.75 Å². The molecule has 5 heteroatoms. The molecule has 70 valence electrons. The lowest BCUT2D eigenvalue weighted by Crippen LogP contribution is -2.19. The van der Waals surface area contributed by atoms with Gasteiger partial charge in [-0.3, -0.25) is 19.8 Å². The fourth-order valence-corrected chi connectivity index (χ4v) is 0.991. The smallest absolute Gasteiger partial charge is 0.268 e. The van der Waals surface area contributed by atoms with E-state index in [0.29, 0.717) is 5.56 Å². The lowest BCUT2D eigenvalue weighted by atomic mass is 10.2. The summed E-state index contributed by atoms with van der Waals surface area (Å²) in [6, 6.07) is 1.26. The minimum atomic E-state index is -0.315. The highest BCUT2D eigenvalue weighted by atomic mass is 32.1. The van der Waals surface area contributed by atoms with E-state index < -0.39 is 0 Å². The van der Waals surface area contributed by atoms with Crippen LogP contribution in [0.1, 0.15) is 12.0 Å². The van der Waals surface area contributed by atoms with Crippen LogP contribution in [0, 0.1) is 0 Å². The van der Waals surface area contributed by atoms with E-state index in [2.05, 4.69) is 22.8 Å². The highest BCUT2D eigenvalue weighted by molar-refractivity contribution is 7.80. The predicted octanol–water partition coefficient (Wildman–Crippen LogP) is 0.396. The summed E-state index contributed by atoms with van der Waals surface area (Å²) < 4.78 is 0. The standard InChI is InChI=1S/C8H10N2O2S/c11-7-5-6(3-1-2-4-13)8(12)10-9-7/h1,3,5,13H,2,4H2,(H,9,11)(H,10,12). The quantitative estimate of drug-likeness (QED) is 0.615. The summed E-state index contributed by atoms with van der Waals surface area (Å²) >= 11 is 4.01. The third-order valence-electron chi connectivity index (χ3n) is 1.44. The van der Waals surface area contributed by atoms with Crippen molar-refractivity contribution >= 4 is 18.7 Å². The van der Waals surface area contributed by atoms with E-state index in [-0.39, 0.29) is 11.1 Å². The van der Waals surface area contributed by atoms with Crippen molar-refractivity contribution < 1.29 is 0 Å². The van der Waals surface area contributed by atoms with Crippen molar-refractivity contribution in [3.63, 3.8) is 0 Å². The van der Waals surface area contributed by atoms with Gasteiger partial charge in [-0.2, -0.15) is 12.6 Å². The second kappa shape index (κ2) is 4.71. The molecule has 0 atom stereocenters. The maximum absolute atomic E-state index is 11.1. The Balaban J connectivity index is 2.94. The first-order chi connectivity index (χ1) is 6.24. The maximum Gasteiger partial charge on any atom is 0.269 e. The molecule has 1 rings (SSSR count). The van der Waals surface area contributed by atoms with Crippen molar-refractivity contribution in [2.45, 2.75) is 6.42 Å². The molecule has 0 saturated heterocycles. The van der Waals surface area contributed by atoms with Crippen molar-refractivity contribution in [3.05, 3.63) is 38.4 Å². The van der Waals surface area contributed by atoms with Gasteiger partial charge in [-0.25, -0.2) is 0 Å².